The van der Waals surface area contributed by atoms with E-state index in [2.05, 4.69) is 0 Å². The molecule has 1 aliphatic heterocycles. The highest BCUT2D eigenvalue weighted by Crippen LogP contribution is 2.29. The highest BCUT2D eigenvalue weighted by molar-refractivity contribution is 5.67. The highest BCUT2D eigenvalue weighted by atomic mass is 16.7. The molecule has 0 aliphatic carbocycles. The number of aliphatic hydroxyl groups excluding tert-OH is 1. The molecule has 1 aromatic rings. The molecule has 10 nitrogen and oxygen atoms in total. The van der Waals surface area contributed by atoms with Gasteiger partial charge in [0.1, 0.15) is 24.2 Å². The fourth-order valence-corrected chi connectivity index (χ4v) is 2.77. The van der Waals surface area contributed by atoms with E-state index in [4.69, 9.17) is 28.4 Å². The average molecular weight is 412 g/mol. The average Bonchev–Trinajstić information content (AvgIpc) is 2.65. The van der Waals surface area contributed by atoms with Crippen molar-refractivity contribution in [2.45, 2.75) is 51.5 Å². The number of benzene rings is 1. The summed E-state index contributed by atoms with van der Waals surface area (Å²) in [6.07, 6.45) is -6.33. The topological polar surface area (TPSA) is 127 Å². The number of hydrogen-bond acceptors (Lipinski definition) is 10. The number of aliphatic hydroxyl groups is 1. The predicted molar refractivity (Wildman–Crippen MR) is 96.0 cm³/mol. The number of esters is 3. The number of carbonyl (C=O) groups excluding carboxylic acids is 3. The fourth-order valence-electron chi connectivity index (χ4n) is 2.77. The smallest absolute Gasteiger partial charge is 0.303 e. The van der Waals surface area contributed by atoms with Gasteiger partial charge in [-0.15, -0.1) is 0 Å². The predicted octanol–water partition coefficient (Wildman–Crippen LogP) is 0.586. The summed E-state index contributed by atoms with van der Waals surface area (Å²) in [5.41, 5.74) is 0. The number of ether oxygens (including phenoxy) is 6. The Morgan fingerprint density at radius 1 is 0.931 bits per heavy atom. The van der Waals surface area contributed by atoms with Gasteiger partial charge in [0.2, 0.25) is 6.29 Å². The monoisotopic (exact) mass is 412 g/mol. The number of carbonyl (C=O) groups is 3. The number of rotatable bonds is 7. The Labute approximate surface area is 167 Å². The van der Waals surface area contributed by atoms with E-state index in [1.54, 1.807) is 24.3 Å². The molecule has 10 heteroatoms. The van der Waals surface area contributed by atoms with Gasteiger partial charge >= 0.3 is 17.9 Å². The SMILES string of the molecule is COc1ccc(O[C@@H]2O[C@H](COC(C)=O)[C@@H](OC(C)=O)[C@H](OC(C)=O)[C@H]2O)cc1. The highest BCUT2D eigenvalue weighted by Gasteiger charge is 2.50. The van der Waals surface area contributed by atoms with Crippen molar-refractivity contribution in [2.75, 3.05) is 13.7 Å². The lowest BCUT2D eigenvalue weighted by atomic mass is 9.98. The maximum absolute atomic E-state index is 11.5. The van der Waals surface area contributed by atoms with Crippen LogP contribution in [-0.4, -0.2) is 67.4 Å². The summed E-state index contributed by atoms with van der Waals surface area (Å²) in [7, 11) is 1.52. The molecule has 29 heavy (non-hydrogen) atoms. The summed E-state index contributed by atoms with van der Waals surface area (Å²) in [5, 5.41) is 10.7. The maximum atomic E-state index is 11.5. The minimum absolute atomic E-state index is 0.305. The molecular weight excluding hydrogens is 388 g/mol. The molecule has 0 bridgehead atoms. The molecule has 0 aromatic heterocycles. The zero-order valence-corrected chi connectivity index (χ0v) is 16.5. The minimum atomic E-state index is -1.49. The van der Waals surface area contributed by atoms with Crippen molar-refractivity contribution in [1.29, 1.82) is 0 Å². The van der Waals surface area contributed by atoms with Crippen LogP contribution in [0.1, 0.15) is 20.8 Å². The molecule has 1 aliphatic rings. The van der Waals surface area contributed by atoms with Crippen LogP contribution in [0.4, 0.5) is 0 Å². The van der Waals surface area contributed by atoms with Crippen LogP contribution in [0.3, 0.4) is 0 Å². The van der Waals surface area contributed by atoms with Crippen molar-refractivity contribution < 1.29 is 47.9 Å². The van der Waals surface area contributed by atoms with Gasteiger partial charge in [-0.25, -0.2) is 0 Å². The third-order valence-electron chi connectivity index (χ3n) is 3.98. The van der Waals surface area contributed by atoms with Gasteiger partial charge in [0.15, 0.2) is 18.3 Å². The van der Waals surface area contributed by atoms with Crippen LogP contribution in [0.2, 0.25) is 0 Å². The Bertz CT molecular complexity index is 716. The van der Waals surface area contributed by atoms with Crippen LogP contribution in [0.15, 0.2) is 24.3 Å². The fraction of sp³-hybridized carbons (Fsp3) is 0.526. The first-order valence-corrected chi connectivity index (χ1v) is 8.83. The van der Waals surface area contributed by atoms with Crippen LogP contribution in [0.5, 0.6) is 11.5 Å². The molecule has 0 saturated carbocycles. The van der Waals surface area contributed by atoms with Crippen molar-refractivity contribution in [3.05, 3.63) is 24.3 Å². The van der Waals surface area contributed by atoms with Crippen LogP contribution in [0.25, 0.3) is 0 Å². The molecule has 0 amide bonds. The first-order valence-electron chi connectivity index (χ1n) is 8.83. The Hall–Kier alpha value is -2.85. The van der Waals surface area contributed by atoms with Crippen LogP contribution >= 0.6 is 0 Å². The zero-order valence-electron chi connectivity index (χ0n) is 16.5. The lowest BCUT2D eigenvalue weighted by Gasteiger charge is -2.42. The summed E-state index contributed by atoms with van der Waals surface area (Å²) in [6.45, 7) is 3.20. The molecule has 5 atom stereocenters. The lowest BCUT2D eigenvalue weighted by molar-refractivity contribution is -0.285. The van der Waals surface area contributed by atoms with Gasteiger partial charge in [-0.1, -0.05) is 0 Å². The molecule has 0 spiro atoms. The van der Waals surface area contributed by atoms with Gasteiger partial charge in [0.25, 0.3) is 0 Å². The van der Waals surface area contributed by atoms with E-state index >= 15 is 0 Å². The van der Waals surface area contributed by atoms with Gasteiger partial charge in [-0.05, 0) is 24.3 Å². The van der Waals surface area contributed by atoms with Crippen LogP contribution in [-0.2, 0) is 33.3 Å². The molecule has 0 unspecified atom stereocenters. The van der Waals surface area contributed by atoms with Gasteiger partial charge in [0.05, 0.1) is 7.11 Å². The maximum Gasteiger partial charge on any atom is 0.303 e. The van der Waals surface area contributed by atoms with Gasteiger partial charge in [-0.3, -0.25) is 14.4 Å². The second kappa shape index (κ2) is 10.1. The second-order valence-corrected chi connectivity index (χ2v) is 6.28. The number of hydrogen-bond donors (Lipinski definition) is 1. The Morgan fingerprint density at radius 2 is 1.48 bits per heavy atom. The zero-order chi connectivity index (χ0) is 21.6. The molecule has 1 aromatic carbocycles. The second-order valence-electron chi connectivity index (χ2n) is 6.28. The number of methoxy groups -OCH3 is 1. The molecule has 0 radical (unpaired) electrons. The molecule has 1 fully saturated rings. The van der Waals surface area contributed by atoms with Crippen molar-refractivity contribution in [1.82, 2.24) is 0 Å². The van der Waals surface area contributed by atoms with E-state index in [1.807, 2.05) is 0 Å². The Balaban J connectivity index is 2.27. The van der Waals surface area contributed by atoms with Crippen molar-refractivity contribution in [3.63, 3.8) is 0 Å². The van der Waals surface area contributed by atoms with Gasteiger partial charge in [0, 0.05) is 20.8 Å². The molecule has 2 rings (SSSR count). The largest absolute Gasteiger partial charge is 0.497 e. The Morgan fingerprint density at radius 3 is 2.00 bits per heavy atom. The molecule has 1 heterocycles. The summed E-state index contributed by atoms with van der Waals surface area (Å²) in [4.78, 5) is 34.3. The van der Waals surface area contributed by atoms with E-state index in [9.17, 15) is 19.5 Å². The Kier molecular flexibility index (Phi) is 7.80. The van der Waals surface area contributed by atoms with E-state index in [1.165, 1.54) is 14.0 Å². The van der Waals surface area contributed by atoms with E-state index in [0.717, 1.165) is 13.8 Å². The van der Waals surface area contributed by atoms with Crippen molar-refractivity contribution in [2.24, 2.45) is 0 Å². The van der Waals surface area contributed by atoms with Crippen LogP contribution < -0.4 is 9.47 Å². The standard InChI is InChI=1S/C19H24O10/c1-10(20)25-9-15-17(26-11(2)21)18(27-12(3)22)16(23)19(29-15)28-14-7-5-13(24-4)6-8-14/h5-8,15-19,23H,9H2,1-4H3/t15-,16-,17-,18-,19-/m1/s1. The summed E-state index contributed by atoms with van der Waals surface area (Å²) in [5.74, 6) is -1.04. The summed E-state index contributed by atoms with van der Waals surface area (Å²) >= 11 is 0. The summed E-state index contributed by atoms with van der Waals surface area (Å²) < 4.78 is 31.7. The van der Waals surface area contributed by atoms with Crippen LogP contribution in [0, 0.1) is 0 Å². The van der Waals surface area contributed by atoms with E-state index < -0.39 is 48.6 Å². The van der Waals surface area contributed by atoms with Gasteiger partial charge in [-0.2, -0.15) is 0 Å². The van der Waals surface area contributed by atoms with Crippen molar-refractivity contribution >= 4 is 17.9 Å². The molecule has 1 N–H and O–H groups in total. The normalized spacial score (nSPS) is 26.2. The van der Waals surface area contributed by atoms with E-state index in [-0.39, 0.29) is 6.61 Å². The van der Waals surface area contributed by atoms with Crippen molar-refractivity contribution in [3.8, 4) is 11.5 Å². The molecule has 160 valence electrons. The quantitative estimate of drug-likeness (QED) is 0.502. The van der Waals surface area contributed by atoms with E-state index in [0.29, 0.717) is 11.5 Å². The third-order valence-corrected chi connectivity index (χ3v) is 3.98. The first kappa shape index (κ1) is 22.4. The first-order chi connectivity index (χ1) is 13.7. The van der Waals surface area contributed by atoms with Gasteiger partial charge < -0.3 is 33.5 Å². The molecular formula is C19H24O10. The summed E-state index contributed by atoms with van der Waals surface area (Å²) in [6, 6.07) is 6.47. The third kappa shape index (κ3) is 6.33. The molecule has 1 saturated heterocycles. The lowest BCUT2D eigenvalue weighted by Crippen LogP contribution is -2.62. The minimum Gasteiger partial charge on any atom is -0.497 e.